The highest BCUT2D eigenvalue weighted by molar-refractivity contribution is 5.98. The normalized spacial score (nSPS) is 19.1. The summed E-state index contributed by atoms with van der Waals surface area (Å²) < 4.78 is 4.39. The third-order valence-electron chi connectivity index (χ3n) is 6.80. The molecule has 1 unspecified atom stereocenters. The molecule has 33 heavy (non-hydrogen) atoms. The quantitative estimate of drug-likeness (QED) is 0.513. The molecule has 1 amide bonds. The van der Waals surface area contributed by atoms with Crippen LogP contribution in [0.4, 0.5) is 0 Å². The number of fused-ring (bicyclic) bond motifs is 2. The zero-order valence-corrected chi connectivity index (χ0v) is 18.8. The van der Waals surface area contributed by atoms with Crippen LogP contribution in [-0.4, -0.2) is 43.0 Å². The second kappa shape index (κ2) is 7.15. The van der Waals surface area contributed by atoms with E-state index in [1.54, 1.807) is 18.1 Å². The van der Waals surface area contributed by atoms with E-state index in [4.69, 9.17) is 10.7 Å². The fraction of sp³-hybridized carbons (Fsp3) is 0.269. The Morgan fingerprint density at radius 1 is 1.30 bits per heavy atom. The van der Waals surface area contributed by atoms with Gasteiger partial charge >= 0.3 is 0 Å². The minimum atomic E-state index is -0.127. The van der Waals surface area contributed by atoms with Gasteiger partial charge in [-0.05, 0) is 66.3 Å². The molecule has 1 aromatic carbocycles. The molecule has 2 aliphatic carbocycles. The number of imidazole rings is 1. The van der Waals surface area contributed by atoms with Crippen LogP contribution in [0.2, 0.25) is 0 Å². The molecule has 1 atom stereocenters. The number of hydrogen-bond donors (Lipinski definition) is 1. The lowest BCUT2D eigenvalue weighted by Crippen LogP contribution is -2.21. The predicted molar refractivity (Wildman–Crippen MR) is 129 cm³/mol. The molecule has 2 fully saturated rings. The summed E-state index contributed by atoms with van der Waals surface area (Å²) in [4.78, 5) is 24.2. The number of benzene rings is 1. The van der Waals surface area contributed by atoms with Crippen molar-refractivity contribution in [3.63, 3.8) is 0 Å². The molecule has 0 spiro atoms. The first-order valence-electron chi connectivity index (χ1n) is 11.3. The van der Waals surface area contributed by atoms with Crippen molar-refractivity contribution in [1.29, 1.82) is 0 Å². The molecule has 0 bridgehead atoms. The van der Waals surface area contributed by atoms with Crippen molar-refractivity contribution in [1.82, 2.24) is 24.0 Å². The number of nitrogens with two attached hydrogens (primary N) is 1. The summed E-state index contributed by atoms with van der Waals surface area (Å²) in [5.74, 6) is 1.49. The van der Waals surface area contributed by atoms with Crippen LogP contribution in [0.1, 0.15) is 23.2 Å². The molecule has 2 aliphatic rings. The van der Waals surface area contributed by atoms with Crippen LogP contribution in [0.25, 0.3) is 33.6 Å². The number of hydrogen-bond acceptors (Lipinski definition) is 4. The Bertz CT molecular complexity index is 1490. The number of nitrogens with zero attached hydrogens (tertiary/aromatic N) is 5. The number of carbonyl (C=O) groups is 1. The molecule has 0 radical (unpaired) electrons. The van der Waals surface area contributed by atoms with E-state index < -0.39 is 0 Å². The topological polar surface area (TPSA) is 82.0 Å². The average Bonchev–Trinajstić information content (AvgIpc) is 3.66. The number of amides is 1. The maximum Gasteiger partial charge on any atom is 0.257 e. The van der Waals surface area contributed by atoms with Crippen LogP contribution >= 0.6 is 0 Å². The van der Waals surface area contributed by atoms with Gasteiger partial charge in [0.1, 0.15) is 5.65 Å². The lowest BCUT2D eigenvalue weighted by Gasteiger charge is -2.11. The Morgan fingerprint density at radius 3 is 2.82 bits per heavy atom. The minimum absolute atomic E-state index is 0.101. The van der Waals surface area contributed by atoms with Gasteiger partial charge in [-0.3, -0.25) is 4.79 Å². The van der Waals surface area contributed by atoms with Crippen LogP contribution in [0.5, 0.6) is 0 Å². The summed E-state index contributed by atoms with van der Waals surface area (Å²) in [6, 6.07) is 11.8. The van der Waals surface area contributed by atoms with Gasteiger partial charge in [0.15, 0.2) is 5.82 Å². The SMILES string of the molecule is C=C1/C(=C/N(C)C(=O)c2ccc3c(c2)nc(-c2cc4cccnc4n2CC2CC2)n3C)C1N. The average molecular weight is 439 g/mol. The minimum Gasteiger partial charge on any atom is -0.326 e. The van der Waals surface area contributed by atoms with Gasteiger partial charge in [-0.15, -0.1) is 0 Å². The van der Waals surface area contributed by atoms with E-state index >= 15 is 0 Å². The van der Waals surface area contributed by atoms with Crippen LogP contribution in [-0.2, 0) is 13.6 Å². The Morgan fingerprint density at radius 2 is 2.09 bits per heavy atom. The molecule has 7 nitrogen and oxygen atoms in total. The summed E-state index contributed by atoms with van der Waals surface area (Å²) in [5.41, 5.74) is 12.1. The third-order valence-corrected chi connectivity index (χ3v) is 6.80. The molecule has 3 aromatic heterocycles. The fourth-order valence-electron chi connectivity index (χ4n) is 4.52. The van der Waals surface area contributed by atoms with E-state index in [1.165, 1.54) is 12.8 Å². The van der Waals surface area contributed by atoms with E-state index in [1.807, 2.05) is 37.5 Å². The van der Waals surface area contributed by atoms with E-state index in [9.17, 15) is 4.79 Å². The van der Waals surface area contributed by atoms with Gasteiger partial charge in [0.2, 0.25) is 0 Å². The Labute approximate surface area is 191 Å². The number of aryl methyl sites for hydroxylation is 1. The zero-order valence-electron chi connectivity index (χ0n) is 18.8. The molecule has 4 aromatic rings. The molecular weight excluding hydrogens is 412 g/mol. The van der Waals surface area contributed by atoms with E-state index in [-0.39, 0.29) is 11.9 Å². The van der Waals surface area contributed by atoms with Crippen molar-refractivity contribution in [2.45, 2.75) is 25.4 Å². The summed E-state index contributed by atoms with van der Waals surface area (Å²) in [6.07, 6.45) is 6.15. The number of carbonyl (C=O) groups excluding carboxylic acids is 1. The molecule has 2 saturated carbocycles. The largest absolute Gasteiger partial charge is 0.326 e. The Hall–Kier alpha value is -3.71. The van der Waals surface area contributed by atoms with Gasteiger partial charge in [0, 0.05) is 44.0 Å². The predicted octanol–water partition coefficient (Wildman–Crippen LogP) is 3.85. The van der Waals surface area contributed by atoms with Crippen LogP contribution in [0.3, 0.4) is 0 Å². The second-order valence-corrected chi connectivity index (χ2v) is 9.20. The number of rotatable bonds is 5. The van der Waals surface area contributed by atoms with Crippen molar-refractivity contribution in [3.8, 4) is 11.5 Å². The smallest absolute Gasteiger partial charge is 0.257 e. The summed E-state index contributed by atoms with van der Waals surface area (Å²) in [6.45, 7) is 4.84. The molecule has 0 saturated heterocycles. The van der Waals surface area contributed by atoms with Gasteiger partial charge < -0.3 is 19.8 Å². The van der Waals surface area contributed by atoms with E-state index in [2.05, 4.69) is 32.8 Å². The van der Waals surface area contributed by atoms with Crippen LogP contribution in [0.15, 0.2) is 66.5 Å². The third kappa shape index (κ3) is 3.27. The van der Waals surface area contributed by atoms with Crippen molar-refractivity contribution >= 4 is 28.0 Å². The highest BCUT2D eigenvalue weighted by Gasteiger charge is 2.32. The lowest BCUT2D eigenvalue weighted by atomic mass is 10.2. The summed E-state index contributed by atoms with van der Waals surface area (Å²) in [7, 11) is 3.76. The fourth-order valence-corrected chi connectivity index (χ4v) is 4.52. The van der Waals surface area contributed by atoms with Gasteiger partial charge in [-0.2, -0.15) is 0 Å². The summed E-state index contributed by atoms with van der Waals surface area (Å²) >= 11 is 0. The van der Waals surface area contributed by atoms with Gasteiger partial charge in [0.25, 0.3) is 5.91 Å². The molecular formula is C26H26N6O. The second-order valence-electron chi connectivity index (χ2n) is 9.20. The van der Waals surface area contributed by atoms with Crippen LogP contribution in [0, 0.1) is 5.92 Å². The first-order valence-corrected chi connectivity index (χ1v) is 11.3. The molecule has 3 heterocycles. The lowest BCUT2D eigenvalue weighted by molar-refractivity contribution is 0.0850. The molecule has 2 N–H and O–H groups in total. The highest BCUT2D eigenvalue weighted by atomic mass is 16.2. The maximum atomic E-state index is 13.0. The van der Waals surface area contributed by atoms with E-state index in [0.29, 0.717) is 11.5 Å². The highest BCUT2D eigenvalue weighted by Crippen LogP contribution is 2.36. The van der Waals surface area contributed by atoms with E-state index in [0.717, 1.165) is 51.3 Å². The standard InChI is InChI=1S/C26H26N6O/c1-15-19(23(15)27)14-30(2)26(33)18-8-9-21-20(11-18)29-25(31(21)3)22-12-17-5-4-10-28-24(17)32(22)13-16-6-7-16/h4-5,8-12,14,16,23H,1,6-7,13,27H2,2-3H3/b19-14-. The Kier molecular flexibility index (Phi) is 4.32. The van der Waals surface area contributed by atoms with Crippen molar-refractivity contribution in [2.24, 2.45) is 18.7 Å². The maximum absolute atomic E-state index is 13.0. The first-order chi connectivity index (χ1) is 15.9. The first kappa shape index (κ1) is 19.9. The van der Waals surface area contributed by atoms with Crippen LogP contribution < -0.4 is 5.73 Å². The number of aromatic nitrogens is 4. The molecule has 166 valence electrons. The molecule has 0 aliphatic heterocycles. The monoisotopic (exact) mass is 438 g/mol. The van der Waals surface area contributed by atoms with Gasteiger partial charge in [-0.25, -0.2) is 9.97 Å². The molecule has 7 heteroatoms. The van der Waals surface area contributed by atoms with Crippen molar-refractivity contribution in [3.05, 3.63) is 72.1 Å². The Balaban J connectivity index is 1.40. The molecule has 6 rings (SSSR count). The van der Waals surface area contributed by atoms with Crippen molar-refractivity contribution in [2.75, 3.05) is 7.05 Å². The van der Waals surface area contributed by atoms with Gasteiger partial charge in [0.05, 0.1) is 22.8 Å². The number of pyridine rings is 1. The van der Waals surface area contributed by atoms with Gasteiger partial charge in [-0.1, -0.05) is 6.58 Å². The summed E-state index contributed by atoms with van der Waals surface area (Å²) in [5, 5.41) is 1.12. The zero-order chi connectivity index (χ0) is 22.9. The van der Waals surface area contributed by atoms with Crippen molar-refractivity contribution < 1.29 is 4.79 Å².